The minimum atomic E-state index is -1.46. The zero-order chi connectivity index (χ0) is 21.3. The smallest absolute Gasteiger partial charge is 0.256 e. The first-order valence-corrected chi connectivity index (χ1v) is 8.55. The normalized spacial score (nSPS) is 14.7. The van der Waals surface area contributed by atoms with Gasteiger partial charge < -0.3 is 30.7 Å². The Labute approximate surface area is 165 Å². The summed E-state index contributed by atoms with van der Waals surface area (Å²) in [4.78, 5) is 26.2. The van der Waals surface area contributed by atoms with Crippen molar-refractivity contribution >= 4 is 22.9 Å². The molecule has 0 fully saturated rings. The highest BCUT2D eigenvalue weighted by Crippen LogP contribution is 2.24. The van der Waals surface area contributed by atoms with Crippen molar-refractivity contribution in [3.63, 3.8) is 0 Å². The molecule has 0 saturated carbocycles. The Bertz CT molecular complexity index is 1020. The molecule has 3 aromatic heterocycles. The van der Waals surface area contributed by atoms with Gasteiger partial charge >= 0.3 is 0 Å². The van der Waals surface area contributed by atoms with Crippen LogP contribution in [0.1, 0.15) is 16.6 Å². The van der Waals surface area contributed by atoms with Gasteiger partial charge in [0.2, 0.25) is 0 Å². The first-order valence-electron chi connectivity index (χ1n) is 8.55. The van der Waals surface area contributed by atoms with E-state index in [1.165, 1.54) is 40.0 Å². The van der Waals surface area contributed by atoms with E-state index in [9.17, 15) is 15.0 Å². The zero-order valence-corrected chi connectivity index (χ0v) is 16.0. The standard InChI is InChI=1S/C16H22N8O5/c1-22(2)14(28)8-4-19-24(5-8)16-20-12(17)10-13(21-16)23(7-18-10)15(29-3)11(27)9(26)6-25/h4-5,7,9,11,15,25-27H,6H2,1-3H3,(H2,17,20,21)/t9-,11-,15?/m1/s1. The summed E-state index contributed by atoms with van der Waals surface area (Å²) < 4.78 is 7.90. The number of imidazole rings is 1. The van der Waals surface area contributed by atoms with Crippen LogP contribution < -0.4 is 5.73 Å². The number of nitrogen functional groups attached to an aromatic ring is 1. The summed E-state index contributed by atoms with van der Waals surface area (Å²) in [5.41, 5.74) is 6.78. The van der Waals surface area contributed by atoms with Crippen LogP contribution in [0.4, 0.5) is 5.82 Å². The third kappa shape index (κ3) is 3.75. The van der Waals surface area contributed by atoms with E-state index in [-0.39, 0.29) is 28.8 Å². The fourth-order valence-corrected chi connectivity index (χ4v) is 2.73. The van der Waals surface area contributed by atoms with Crippen LogP contribution in [0, 0.1) is 0 Å². The summed E-state index contributed by atoms with van der Waals surface area (Å²) in [6.45, 7) is -0.661. The van der Waals surface area contributed by atoms with Crippen molar-refractivity contribution in [1.29, 1.82) is 0 Å². The molecule has 3 atom stereocenters. The molecule has 13 nitrogen and oxygen atoms in total. The number of ether oxygens (including phenoxy) is 1. The number of carbonyl (C=O) groups excluding carboxylic acids is 1. The minimum absolute atomic E-state index is 0.0479. The highest BCUT2D eigenvalue weighted by atomic mass is 16.5. The van der Waals surface area contributed by atoms with Crippen LogP contribution in [-0.2, 0) is 4.74 Å². The van der Waals surface area contributed by atoms with Crippen LogP contribution in [-0.4, -0.2) is 95.4 Å². The Morgan fingerprint density at radius 1 is 1.34 bits per heavy atom. The van der Waals surface area contributed by atoms with Crippen molar-refractivity contribution in [1.82, 2.24) is 34.2 Å². The van der Waals surface area contributed by atoms with E-state index in [1.807, 2.05) is 0 Å². The molecule has 0 aromatic carbocycles. The average molecular weight is 406 g/mol. The van der Waals surface area contributed by atoms with Gasteiger partial charge in [0.15, 0.2) is 17.7 Å². The Morgan fingerprint density at radius 2 is 2.07 bits per heavy atom. The van der Waals surface area contributed by atoms with Crippen LogP contribution in [0.25, 0.3) is 17.1 Å². The van der Waals surface area contributed by atoms with Gasteiger partial charge in [0.25, 0.3) is 11.9 Å². The minimum Gasteiger partial charge on any atom is -0.394 e. The molecule has 3 aromatic rings. The molecule has 5 N–H and O–H groups in total. The lowest BCUT2D eigenvalue weighted by Gasteiger charge is -2.25. The maximum Gasteiger partial charge on any atom is 0.256 e. The summed E-state index contributed by atoms with van der Waals surface area (Å²) in [5, 5.41) is 33.2. The lowest BCUT2D eigenvalue weighted by atomic mass is 10.2. The fraction of sp³-hybridized carbons (Fsp3) is 0.438. The van der Waals surface area contributed by atoms with Crippen molar-refractivity contribution in [3.8, 4) is 5.95 Å². The SMILES string of the molecule is COC([C@H](O)[C@H](O)CO)n1cnc2c(N)nc(-n3cc(C(=O)N(C)C)cn3)nc21. The third-order valence-electron chi connectivity index (χ3n) is 4.27. The van der Waals surface area contributed by atoms with E-state index in [4.69, 9.17) is 15.6 Å². The molecular weight excluding hydrogens is 384 g/mol. The molecule has 29 heavy (non-hydrogen) atoms. The van der Waals surface area contributed by atoms with E-state index < -0.39 is 25.0 Å². The van der Waals surface area contributed by atoms with E-state index in [1.54, 1.807) is 14.1 Å². The predicted octanol–water partition coefficient (Wildman–Crippen LogP) is -1.84. The number of anilines is 1. The van der Waals surface area contributed by atoms with Gasteiger partial charge in [-0.05, 0) is 0 Å². The Morgan fingerprint density at radius 3 is 2.69 bits per heavy atom. The number of nitrogens with zero attached hydrogens (tertiary/aromatic N) is 7. The van der Waals surface area contributed by atoms with Crippen molar-refractivity contribution in [2.45, 2.75) is 18.4 Å². The number of aliphatic hydroxyl groups is 3. The lowest BCUT2D eigenvalue weighted by molar-refractivity contribution is -0.118. The molecule has 0 aliphatic heterocycles. The van der Waals surface area contributed by atoms with Crippen molar-refractivity contribution < 1.29 is 24.9 Å². The molecule has 156 valence electrons. The summed E-state index contributed by atoms with van der Waals surface area (Å²) in [6, 6.07) is 0. The van der Waals surface area contributed by atoms with Gasteiger partial charge in [0, 0.05) is 27.4 Å². The van der Waals surface area contributed by atoms with Crippen LogP contribution in [0.15, 0.2) is 18.7 Å². The van der Waals surface area contributed by atoms with Crippen LogP contribution in [0.2, 0.25) is 0 Å². The topological polar surface area (TPSA) is 178 Å². The maximum atomic E-state index is 12.1. The van der Waals surface area contributed by atoms with Gasteiger partial charge in [-0.15, -0.1) is 0 Å². The summed E-state index contributed by atoms with van der Waals surface area (Å²) >= 11 is 0. The van der Waals surface area contributed by atoms with E-state index >= 15 is 0 Å². The third-order valence-corrected chi connectivity index (χ3v) is 4.27. The molecule has 0 radical (unpaired) electrons. The molecule has 3 heterocycles. The van der Waals surface area contributed by atoms with Crippen LogP contribution >= 0.6 is 0 Å². The average Bonchev–Trinajstić information content (AvgIpc) is 3.35. The predicted molar refractivity (Wildman–Crippen MR) is 100 cm³/mol. The quantitative estimate of drug-likeness (QED) is 0.348. The number of rotatable bonds is 7. The maximum absolute atomic E-state index is 12.1. The summed E-state index contributed by atoms with van der Waals surface area (Å²) in [7, 11) is 4.56. The largest absolute Gasteiger partial charge is 0.394 e. The van der Waals surface area contributed by atoms with Gasteiger partial charge in [-0.2, -0.15) is 15.1 Å². The highest BCUT2D eigenvalue weighted by molar-refractivity contribution is 5.93. The van der Waals surface area contributed by atoms with Crippen molar-refractivity contribution in [2.75, 3.05) is 33.5 Å². The number of nitrogens with two attached hydrogens (primary N) is 1. The van der Waals surface area contributed by atoms with Crippen LogP contribution in [0.5, 0.6) is 0 Å². The number of aromatic nitrogens is 6. The molecule has 0 spiro atoms. The Kier molecular flexibility index (Phi) is 5.74. The highest BCUT2D eigenvalue weighted by Gasteiger charge is 2.29. The number of hydrogen-bond acceptors (Lipinski definition) is 10. The van der Waals surface area contributed by atoms with Gasteiger partial charge in [-0.1, -0.05) is 0 Å². The van der Waals surface area contributed by atoms with E-state index in [0.29, 0.717) is 5.56 Å². The van der Waals surface area contributed by atoms with Gasteiger partial charge in [-0.3, -0.25) is 9.36 Å². The fourth-order valence-electron chi connectivity index (χ4n) is 2.73. The molecule has 0 aliphatic carbocycles. The summed E-state index contributed by atoms with van der Waals surface area (Å²) in [6.07, 6.45) is 0.154. The van der Waals surface area contributed by atoms with Crippen molar-refractivity contribution in [2.24, 2.45) is 0 Å². The van der Waals surface area contributed by atoms with E-state index in [0.717, 1.165) is 0 Å². The number of fused-ring (bicyclic) bond motifs is 1. The second-order valence-corrected chi connectivity index (χ2v) is 6.47. The van der Waals surface area contributed by atoms with Gasteiger partial charge in [0.05, 0.1) is 24.7 Å². The van der Waals surface area contributed by atoms with Crippen molar-refractivity contribution in [3.05, 3.63) is 24.3 Å². The first kappa shape index (κ1) is 20.6. The molecule has 0 saturated heterocycles. The van der Waals surface area contributed by atoms with Gasteiger partial charge in [-0.25, -0.2) is 9.67 Å². The monoisotopic (exact) mass is 406 g/mol. The van der Waals surface area contributed by atoms with E-state index in [2.05, 4.69) is 20.1 Å². The molecule has 1 amide bonds. The number of hydrogen-bond donors (Lipinski definition) is 4. The molecule has 0 bridgehead atoms. The second-order valence-electron chi connectivity index (χ2n) is 6.47. The van der Waals surface area contributed by atoms with Gasteiger partial charge in [0.1, 0.15) is 17.7 Å². The number of methoxy groups -OCH3 is 1. The molecule has 3 rings (SSSR count). The lowest BCUT2D eigenvalue weighted by Crippen LogP contribution is -2.38. The molecule has 1 unspecified atom stereocenters. The summed E-state index contributed by atoms with van der Waals surface area (Å²) in [5.74, 6) is -0.121. The second kappa shape index (κ2) is 8.08. The Hall–Kier alpha value is -3.13. The zero-order valence-electron chi connectivity index (χ0n) is 16.0. The molecular formula is C16H22N8O5. The first-order chi connectivity index (χ1) is 13.8. The number of carbonyl (C=O) groups is 1. The van der Waals surface area contributed by atoms with Crippen LogP contribution in [0.3, 0.4) is 0 Å². The molecule has 13 heteroatoms. The number of amides is 1. The number of aliphatic hydroxyl groups excluding tert-OH is 3. The molecule has 0 aliphatic rings. The Balaban J connectivity index is 2.06.